The first-order chi connectivity index (χ1) is 11.9. The first-order valence-corrected chi connectivity index (χ1v) is 8.45. The van der Waals surface area contributed by atoms with Crippen LogP contribution in [0.1, 0.15) is 26.0 Å². The van der Waals surface area contributed by atoms with Crippen LogP contribution in [0.4, 0.5) is 10.5 Å². The van der Waals surface area contributed by atoms with E-state index in [0.29, 0.717) is 22.9 Å². The minimum Gasteiger partial charge on any atom is -0.467 e. The summed E-state index contributed by atoms with van der Waals surface area (Å²) in [5.41, 5.74) is 0.598. The Hall–Kier alpha value is -2.47. The molecule has 0 bridgehead atoms. The van der Waals surface area contributed by atoms with Crippen molar-refractivity contribution in [3.8, 4) is 0 Å². The van der Waals surface area contributed by atoms with Gasteiger partial charge in [0, 0.05) is 10.7 Å². The molecule has 3 N–H and O–H groups in total. The summed E-state index contributed by atoms with van der Waals surface area (Å²) in [6.45, 7) is 4.26. The van der Waals surface area contributed by atoms with Crippen LogP contribution in [-0.2, 0) is 11.3 Å². The van der Waals surface area contributed by atoms with Gasteiger partial charge in [-0.3, -0.25) is 4.79 Å². The molecule has 0 fully saturated rings. The normalized spacial score (nSPS) is 11.8. The Bertz CT molecular complexity index is 684. The van der Waals surface area contributed by atoms with Crippen molar-refractivity contribution in [3.63, 3.8) is 0 Å². The number of anilines is 1. The van der Waals surface area contributed by atoms with Gasteiger partial charge in [0.2, 0.25) is 5.91 Å². The van der Waals surface area contributed by atoms with Gasteiger partial charge < -0.3 is 20.4 Å². The van der Waals surface area contributed by atoms with Crippen molar-refractivity contribution in [1.82, 2.24) is 10.6 Å². The standard InChI is InChI=1S/C18H22ClN3O3/c1-12(2)10-16(17(23)20-11-15-4-3-9-25-15)22-18(24)21-14-7-5-13(19)6-8-14/h3-9,12,16H,10-11H2,1-2H3,(H,20,23)(H2,21,22,24)/t16-/m0/s1. The Morgan fingerprint density at radius 2 is 1.88 bits per heavy atom. The molecule has 0 spiro atoms. The minimum atomic E-state index is -0.637. The van der Waals surface area contributed by atoms with Gasteiger partial charge in [-0.25, -0.2) is 4.79 Å². The molecule has 0 aliphatic heterocycles. The van der Waals surface area contributed by atoms with Gasteiger partial charge in [-0.05, 0) is 48.7 Å². The molecular weight excluding hydrogens is 342 g/mol. The summed E-state index contributed by atoms with van der Waals surface area (Å²) >= 11 is 5.82. The van der Waals surface area contributed by atoms with Gasteiger partial charge in [0.1, 0.15) is 11.8 Å². The van der Waals surface area contributed by atoms with Crippen LogP contribution >= 0.6 is 11.6 Å². The summed E-state index contributed by atoms with van der Waals surface area (Å²) in [6.07, 6.45) is 2.07. The lowest BCUT2D eigenvalue weighted by Gasteiger charge is -2.20. The Morgan fingerprint density at radius 1 is 1.16 bits per heavy atom. The summed E-state index contributed by atoms with van der Waals surface area (Å²) in [6, 6.07) is 9.19. The molecule has 1 aromatic heterocycles. The Labute approximate surface area is 151 Å². The Kier molecular flexibility index (Phi) is 6.89. The van der Waals surface area contributed by atoms with E-state index in [0.717, 1.165) is 0 Å². The summed E-state index contributed by atoms with van der Waals surface area (Å²) in [7, 11) is 0. The molecule has 0 radical (unpaired) electrons. The highest BCUT2D eigenvalue weighted by atomic mass is 35.5. The second kappa shape index (κ2) is 9.13. The lowest BCUT2D eigenvalue weighted by Crippen LogP contribution is -2.48. The van der Waals surface area contributed by atoms with E-state index in [1.807, 2.05) is 13.8 Å². The monoisotopic (exact) mass is 363 g/mol. The SMILES string of the molecule is CC(C)C[C@H](NC(=O)Nc1ccc(Cl)cc1)C(=O)NCc1ccco1. The van der Waals surface area contributed by atoms with Crippen LogP contribution in [0, 0.1) is 5.92 Å². The first kappa shape index (κ1) is 18.9. The van der Waals surface area contributed by atoms with E-state index in [-0.39, 0.29) is 18.4 Å². The average Bonchev–Trinajstić information content (AvgIpc) is 3.07. The van der Waals surface area contributed by atoms with Crippen molar-refractivity contribution in [2.45, 2.75) is 32.9 Å². The van der Waals surface area contributed by atoms with Crippen molar-refractivity contribution < 1.29 is 14.0 Å². The number of carbonyl (C=O) groups excluding carboxylic acids is 2. The third-order valence-electron chi connectivity index (χ3n) is 3.45. The van der Waals surface area contributed by atoms with Crippen LogP contribution in [0.3, 0.4) is 0 Å². The first-order valence-electron chi connectivity index (χ1n) is 8.07. The quantitative estimate of drug-likeness (QED) is 0.699. The van der Waals surface area contributed by atoms with Crippen LogP contribution in [0.15, 0.2) is 47.1 Å². The minimum absolute atomic E-state index is 0.246. The van der Waals surface area contributed by atoms with E-state index in [9.17, 15) is 9.59 Å². The molecular formula is C18H22ClN3O3. The zero-order chi connectivity index (χ0) is 18.2. The van der Waals surface area contributed by atoms with Crippen molar-refractivity contribution in [2.75, 3.05) is 5.32 Å². The fourth-order valence-corrected chi connectivity index (χ4v) is 2.40. The number of nitrogens with one attached hydrogen (secondary N) is 3. The zero-order valence-corrected chi connectivity index (χ0v) is 15.0. The molecule has 0 aliphatic carbocycles. The average molecular weight is 364 g/mol. The molecule has 134 valence electrons. The highest BCUT2D eigenvalue weighted by molar-refractivity contribution is 6.30. The highest BCUT2D eigenvalue weighted by Gasteiger charge is 2.22. The number of urea groups is 1. The van der Waals surface area contributed by atoms with Crippen molar-refractivity contribution in [3.05, 3.63) is 53.4 Å². The fourth-order valence-electron chi connectivity index (χ4n) is 2.27. The third-order valence-corrected chi connectivity index (χ3v) is 3.70. The number of halogens is 1. The smallest absolute Gasteiger partial charge is 0.319 e. The molecule has 0 unspecified atom stereocenters. The van der Waals surface area contributed by atoms with Crippen LogP contribution in [0.5, 0.6) is 0 Å². The lowest BCUT2D eigenvalue weighted by atomic mass is 10.0. The molecule has 1 heterocycles. The molecule has 0 saturated heterocycles. The Balaban J connectivity index is 1.92. The number of rotatable bonds is 7. The van der Waals surface area contributed by atoms with Gasteiger partial charge in [-0.15, -0.1) is 0 Å². The molecule has 1 atom stereocenters. The highest BCUT2D eigenvalue weighted by Crippen LogP contribution is 2.13. The second-order valence-electron chi connectivity index (χ2n) is 6.08. The molecule has 3 amide bonds. The zero-order valence-electron chi connectivity index (χ0n) is 14.2. The summed E-state index contributed by atoms with van der Waals surface area (Å²) in [5, 5.41) is 8.76. The summed E-state index contributed by atoms with van der Waals surface area (Å²) < 4.78 is 5.19. The number of hydrogen-bond acceptors (Lipinski definition) is 3. The number of carbonyl (C=O) groups is 2. The van der Waals surface area contributed by atoms with E-state index in [4.69, 9.17) is 16.0 Å². The molecule has 1 aromatic carbocycles. The molecule has 2 rings (SSSR count). The largest absolute Gasteiger partial charge is 0.467 e. The van der Waals surface area contributed by atoms with Gasteiger partial charge in [0.25, 0.3) is 0 Å². The fraction of sp³-hybridized carbons (Fsp3) is 0.333. The van der Waals surface area contributed by atoms with Crippen LogP contribution in [-0.4, -0.2) is 18.0 Å². The maximum atomic E-state index is 12.4. The predicted octanol–water partition coefficient (Wildman–Crippen LogP) is 3.79. The van der Waals surface area contributed by atoms with Gasteiger partial charge >= 0.3 is 6.03 Å². The third kappa shape index (κ3) is 6.51. The lowest BCUT2D eigenvalue weighted by molar-refractivity contribution is -0.123. The molecule has 0 aliphatic rings. The van der Waals surface area contributed by atoms with Crippen molar-refractivity contribution in [1.29, 1.82) is 0 Å². The van der Waals surface area contributed by atoms with Gasteiger partial charge in [0.05, 0.1) is 12.8 Å². The summed E-state index contributed by atoms with van der Waals surface area (Å²) in [5.74, 6) is 0.647. The Morgan fingerprint density at radius 3 is 2.48 bits per heavy atom. The number of amides is 3. The predicted molar refractivity (Wildman–Crippen MR) is 97.4 cm³/mol. The van der Waals surface area contributed by atoms with Gasteiger partial charge in [-0.1, -0.05) is 25.4 Å². The van der Waals surface area contributed by atoms with Crippen molar-refractivity contribution >= 4 is 29.2 Å². The number of hydrogen-bond donors (Lipinski definition) is 3. The van der Waals surface area contributed by atoms with E-state index in [1.54, 1.807) is 42.7 Å². The van der Waals surface area contributed by atoms with Crippen molar-refractivity contribution in [2.24, 2.45) is 5.92 Å². The molecule has 6 nitrogen and oxygen atoms in total. The van der Waals surface area contributed by atoms with Crippen LogP contribution in [0.25, 0.3) is 0 Å². The van der Waals surface area contributed by atoms with E-state index < -0.39 is 12.1 Å². The van der Waals surface area contributed by atoms with Crippen LogP contribution in [0.2, 0.25) is 5.02 Å². The van der Waals surface area contributed by atoms with E-state index >= 15 is 0 Å². The number of benzene rings is 1. The molecule has 7 heteroatoms. The van der Waals surface area contributed by atoms with Gasteiger partial charge in [-0.2, -0.15) is 0 Å². The van der Waals surface area contributed by atoms with Crippen LogP contribution < -0.4 is 16.0 Å². The van der Waals surface area contributed by atoms with Gasteiger partial charge in [0.15, 0.2) is 0 Å². The van der Waals surface area contributed by atoms with E-state index in [1.165, 1.54) is 0 Å². The van der Waals surface area contributed by atoms with E-state index in [2.05, 4.69) is 16.0 Å². The maximum absolute atomic E-state index is 12.4. The molecule has 0 saturated carbocycles. The number of furan rings is 1. The molecule has 25 heavy (non-hydrogen) atoms. The molecule has 2 aromatic rings. The summed E-state index contributed by atoms with van der Waals surface area (Å²) in [4.78, 5) is 24.6. The second-order valence-corrected chi connectivity index (χ2v) is 6.52. The topological polar surface area (TPSA) is 83.4 Å². The maximum Gasteiger partial charge on any atom is 0.319 e.